The smallest absolute Gasteiger partial charge is 0.194 e. The number of hydrogen-bond acceptors (Lipinski definition) is 3. The molecule has 0 unspecified atom stereocenters. The van der Waals surface area contributed by atoms with E-state index in [9.17, 15) is 0 Å². The third-order valence-corrected chi connectivity index (χ3v) is 4.55. The summed E-state index contributed by atoms with van der Waals surface area (Å²) in [4.78, 5) is 4.33. The first-order valence-corrected chi connectivity index (χ1v) is 8.03. The summed E-state index contributed by atoms with van der Waals surface area (Å²) >= 11 is 9.41. The fourth-order valence-corrected chi connectivity index (χ4v) is 2.54. The number of nitrogens with zero attached hydrogens (tertiary/aromatic N) is 1. The number of aryl methyl sites for hydroxylation is 1. The van der Waals surface area contributed by atoms with Crippen LogP contribution in [0.3, 0.4) is 0 Å². The van der Waals surface area contributed by atoms with Crippen molar-refractivity contribution in [1.82, 2.24) is 10.3 Å². The zero-order chi connectivity index (χ0) is 13.9. The van der Waals surface area contributed by atoms with Gasteiger partial charge in [0.2, 0.25) is 0 Å². The van der Waals surface area contributed by atoms with Crippen molar-refractivity contribution in [1.29, 1.82) is 0 Å². The van der Waals surface area contributed by atoms with Crippen molar-refractivity contribution >= 4 is 27.5 Å². The van der Waals surface area contributed by atoms with E-state index < -0.39 is 0 Å². The quantitative estimate of drug-likeness (QED) is 0.778. The molecule has 0 radical (unpaired) electrons. The number of aromatic nitrogens is 1. The fraction of sp³-hybridized carbons (Fsp3) is 0.400. The number of rotatable bonds is 6. The first-order valence-electron chi connectivity index (χ1n) is 6.86. The zero-order valence-electron chi connectivity index (χ0n) is 11.0. The van der Waals surface area contributed by atoms with Gasteiger partial charge in [-0.15, -0.1) is 0 Å². The highest BCUT2D eigenvalue weighted by molar-refractivity contribution is 9.10. The van der Waals surface area contributed by atoms with Crippen LogP contribution < -0.4 is 5.32 Å². The van der Waals surface area contributed by atoms with Crippen LogP contribution in [0.5, 0.6) is 0 Å². The number of nitrogens with one attached hydrogen (secondary N) is 1. The van der Waals surface area contributed by atoms with Crippen LogP contribution in [0.25, 0.3) is 11.3 Å². The predicted octanol–water partition coefficient (Wildman–Crippen LogP) is 4.44. The summed E-state index contributed by atoms with van der Waals surface area (Å²) in [5.74, 6) is 1.58. The van der Waals surface area contributed by atoms with Crippen molar-refractivity contribution in [3.8, 4) is 11.3 Å². The summed E-state index contributed by atoms with van der Waals surface area (Å²) in [7, 11) is 0. The van der Waals surface area contributed by atoms with Crippen LogP contribution in [0, 0.1) is 0 Å². The molecular formula is C15H16BrClN2O. The van der Waals surface area contributed by atoms with E-state index in [1.807, 2.05) is 18.2 Å². The summed E-state index contributed by atoms with van der Waals surface area (Å²) in [6, 6.07) is 6.50. The molecule has 0 amide bonds. The Labute approximate surface area is 131 Å². The topological polar surface area (TPSA) is 38.1 Å². The largest absolute Gasteiger partial charge is 0.441 e. The van der Waals surface area contributed by atoms with Crippen LogP contribution in [0.1, 0.15) is 25.2 Å². The van der Waals surface area contributed by atoms with Gasteiger partial charge < -0.3 is 9.73 Å². The number of benzene rings is 1. The summed E-state index contributed by atoms with van der Waals surface area (Å²) in [5, 5.41) is 4.18. The highest BCUT2D eigenvalue weighted by Crippen LogP contribution is 2.29. The van der Waals surface area contributed by atoms with Gasteiger partial charge >= 0.3 is 0 Å². The zero-order valence-corrected chi connectivity index (χ0v) is 13.4. The van der Waals surface area contributed by atoms with Gasteiger partial charge in [0.05, 0.1) is 11.2 Å². The molecule has 106 valence electrons. The molecule has 1 heterocycles. The van der Waals surface area contributed by atoms with Gasteiger partial charge in [-0.1, -0.05) is 11.6 Å². The van der Waals surface area contributed by atoms with Gasteiger partial charge in [0.15, 0.2) is 11.7 Å². The predicted molar refractivity (Wildman–Crippen MR) is 84.0 cm³/mol. The lowest BCUT2D eigenvalue weighted by atomic mass is 10.2. The maximum Gasteiger partial charge on any atom is 0.194 e. The molecule has 0 bridgehead atoms. The van der Waals surface area contributed by atoms with Crippen molar-refractivity contribution in [2.24, 2.45) is 0 Å². The molecule has 1 aliphatic carbocycles. The Kier molecular flexibility index (Phi) is 4.44. The minimum absolute atomic E-state index is 0.694. The summed E-state index contributed by atoms with van der Waals surface area (Å²) in [5.41, 5.74) is 0.983. The van der Waals surface area contributed by atoms with E-state index in [4.69, 9.17) is 16.0 Å². The van der Waals surface area contributed by atoms with E-state index in [-0.39, 0.29) is 0 Å². The van der Waals surface area contributed by atoms with E-state index in [1.54, 1.807) is 6.20 Å². The second-order valence-corrected chi connectivity index (χ2v) is 6.34. The van der Waals surface area contributed by atoms with Crippen molar-refractivity contribution in [2.75, 3.05) is 6.54 Å². The van der Waals surface area contributed by atoms with E-state index in [0.717, 1.165) is 47.1 Å². The minimum Gasteiger partial charge on any atom is -0.441 e. The molecule has 5 heteroatoms. The van der Waals surface area contributed by atoms with Crippen LogP contribution in [-0.2, 0) is 6.42 Å². The maximum absolute atomic E-state index is 5.99. The molecule has 3 nitrogen and oxygen atoms in total. The molecule has 0 spiro atoms. The van der Waals surface area contributed by atoms with Crippen LogP contribution >= 0.6 is 27.5 Å². The second-order valence-electron chi connectivity index (χ2n) is 5.08. The molecule has 20 heavy (non-hydrogen) atoms. The van der Waals surface area contributed by atoms with Crippen LogP contribution in [0.15, 0.2) is 33.3 Å². The fourth-order valence-electron chi connectivity index (χ4n) is 2.04. The molecule has 1 aliphatic rings. The van der Waals surface area contributed by atoms with Gasteiger partial charge in [0, 0.05) is 22.5 Å². The molecule has 1 saturated carbocycles. The van der Waals surface area contributed by atoms with Gasteiger partial charge in [-0.05, 0) is 59.9 Å². The molecule has 1 aromatic heterocycles. The van der Waals surface area contributed by atoms with Crippen LogP contribution in [-0.4, -0.2) is 17.6 Å². The van der Waals surface area contributed by atoms with Crippen molar-refractivity contribution < 1.29 is 4.42 Å². The lowest BCUT2D eigenvalue weighted by Gasteiger charge is -2.01. The molecule has 0 atom stereocenters. The molecule has 3 rings (SSSR count). The third kappa shape index (κ3) is 3.62. The Morgan fingerprint density at radius 3 is 3.00 bits per heavy atom. The van der Waals surface area contributed by atoms with Crippen molar-refractivity contribution in [2.45, 2.75) is 31.7 Å². The Hall–Kier alpha value is -0.840. The molecule has 0 aliphatic heterocycles. The number of hydrogen-bond donors (Lipinski definition) is 1. The molecular weight excluding hydrogens is 340 g/mol. The van der Waals surface area contributed by atoms with Gasteiger partial charge in [0.1, 0.15) is 0 Å². The van der Waals surface area contributed by atoms with E-state index in [2.05, 4.69) is 26.2 Å². The second kappa shape index (κ2) is 6.29. The minimum atomic E-state index is 0.694. The van der Waals surface area contributed by atoms with Gasteiger partial charge in [0.25, 0.3) is 0 Å². The number of oxazole rings is 1. The monoisotopic (exact) mass is 354 g/mol. The van der Waals surface area contributed by atoms with Gasteiger partial charge in [-0.25, -0.2) is 4.98 Å². The molecule has 1 aromatic carbocycles. The first kappa shape index (κ1) is 14.1. The first-order chi connectivity index (χ1) is 9.72. The molecule has 1 N–H and O–H groups in total. The van der Waals surface area contributed by atoms with E-state index >= 15 is 0 Å². The Bertz CT molecular complexity index is 595. The third-order valence-electron chi connectivity index (χ3n) is 3.34. The van der Waals surface area contributed by atoms with Crippen LogP contribution in [0.2, 0.25) is 5.02 Å². The normalized spacial score (nSPS) is 14.7. The molecule has 1 fully saturated rings. The lowest BCUT2D eigenvalue weighted by molar-refractivity contribution is 0.491. The van der Waals surface area contributed by atoms with Gasteiger partial charge in [-0.2, -0.15) is 0 Å². The Morgan fingerprint density at radius 1 is 1.40 bits per heavy atom. The summed E-state index contributed by atoms with van der Waals surface area (Å²) in [6.45, 7) is 1.04. The van der Waals surface area contributed by atoms with Gasteiger partial charge in [-0.3, -0.25) is 0 Å². The van der Waals surface area contributed by atoms with E-state index in [0.29, 0.717) is 5.02 Å². The summed E-state index contributed by atoms with van der Waals surface area (Å²) < 4.78 is 6.65. The summed E-state index contributed by atoms with van der Waals surface area (Å²) in [6.07, 6.45) is 6.36. The SMILES string of the molecule is Clc1ccc(-c2cnc(CCCNC3CC3)o2)cc1Br. The lowest BCUT2D eigenvalue weighted by Crippen LogP contribution is -2.17. The Morgan fingerprint density at radius 2 is 2.25 bits per heavy atom. The molecule has 2 aromatic rings. The van der Waals surface area contributed by atoms with Crippen LogP contribution in [0.4, 0.5) is 0 Å². The maximum atomic E-state index is 5.99. The highest BCUT2D eigenvalue weighted by atomic mass is 79.9. The standard InChI is InChI=1S/C15H16BrClN2O/c16-12-8-10(3-6-13(12)17)14-9-19-15(20-14)2-1-7-18-11-4-5-11/h3,6,8-9,11,18H,1-2,4-5,7H2. The Balaban J connectivity index is 1.58. The van der Waals surface area contributed by atoms with Crippen molar-refractivity contribution in [3.63, 3.8) is 0 Å². The average Bonchev–Trinajstić information content (AvgIpc) is 3.15. The van der Waals surface area contributed by atoms with Crippen molar-refractivity contribution in [3.05, 3.63) is 39.8 Å². The number of halogens is 2. The van der Waals surface area contributed by atoms with E-state index in [1.165, 1.54) is 12.8 Å². The average molecular weight is 356 g/mol. The molecule has 0 saturated heterocycles. The highest BCUT2D eigenvalue weighted by Gasteiger charge is 2.19.